The highest BCUT2D eigenvalue weighted by Gasteiger charge is 2.30. The molecule has 0 radical (unpaired) electrons. The predicted molar refractivity (Wildman–Crippen MR) is 134 cm³/mol. The summed E-state index contributed by atoms with van der Waals surface area (Å²) in [4.78, 5) is 38.2. The minimum Gasteiger partial charge on any atom is -0.490 e. The second-order valence-corrected chi connectivity index (χ2v) is 8.71. The third-order valence-electron chi connectivity index (χ3n) is 5.43. The van der Waals surface area contributed by atoms with Gasteiger partial charge in [0.1, 0.15) is 11.8 Å². The molecule has 0 saturated heterocycles. The fourth-order valence-corrected chi connectivity index (χ4v) is 3.64. The highest BCUT2D eigenvalue weighted by Crippen LogP contribution is 2.31. The molecule has 0 saturated carbocycles. The maximum absolute atomic E-state index is 13.3. The Morgan fingerprint density at radius 3 is 2.40 bits per heavy atom. The van der Waals surface area contributed by atoms with E-state index in [9.17, 15) is 19.7 Å². The van der Waals surface area contributed by atoms with E-state index < -0.39 is 23.5 Å². The van der Waals surface area contributed by atoms with Crippen LogP contribution in [-0.2, 0) is 16.1 Å². The topological polar surface area (TPSA) is 111 Å². The number of hydrogen-bond donors (Lipinski definition) is 1. The van der Waals surface area contributed by atoms with Crippen LogP contribution in [-0.4, -0.2) is 47.4 Å². The number of amides is 2. The van der Waals surface area contributed by atoms with Gasteiger partial charge in [0, 0.05) is 24.7 Å². The van der Waals surface area contributed by atoms with Crippen molar-refractivity contribution in [1.82, 2.24) is 10.2 Å². The van der Waals surface area contributed by atoms with E-state index in [0.29, 0.717) is 22.0 Å². The average molecular weight is 526 g/mol. The zero-order chi connectivity index (χ0) is 26.1. The Bertz CT molecular complexity index is 1070. The third-order valence-corrected chi connectivity index (χ3v) is 6.17. The molecule has 0 spiro atoms. The molecule has 0 unspecified atom stereocenters. The van der Waals surface area contributed by atoms with Crippen molar-refractivity contribution < 1.29 is 24.0 Å². The Balaban J connectivity index is 2.28. The van der Waals surface area contributed by atoms with E-state index in [-0.39, 0.29) is 35.7 Å². The molecule has 0 aromatic heterocycles. The number of ether oxygens (including phenoxy) is 2. The van der Waals surface area contributed by atoms with Crippen molar-refractivity contribution in [3.05, 3.63) is 62.1 Å². The molecule has 2 amide bonds. The molecule has 2 atom stereocenters. The molecule has 0 aliphatic carbocycles. The molecule has 0 heterocycles. The molecule has 2 aromatic carbocycles. The molecule has 35 heavy (non-hydrogen) atoms. The first kappa shape index (κ1) is 28.2. The van der Waals surface area contributed by atoms with Crippen LogP contribution in [0.4, 0.5) is 5.69 Å². The Morgan fingerprint density at radius 1 is 1.11 bits per heavy atom. The van der Waals surface area contributed by atoms with Crippen molar-refractivity contribution in [3.8, 4) is 11.5 Å². The number of nitrogens with one attached hydrogen (secondary N) is 1. The molecular formula is C24H29Cl2N3O6. The lowest BCUT2D eigenvalue weighted by atomic mass is 10.1. The van der Waals surface area contributed by atoms with Gasteiger partial charge in [-0.15, -0.1) is 0 Å². The standard InChI is InChI=1S/C24H29Cl2N3O6/c1-5-15(3)27-24(31)20(6-2)28(13-16-7-9-18(25)19(26)11-16)23(30)14-35-17-8-10-21(29(32)33)22(12-17)34-4/h7-12,15,20H,5-6,13-14H2,1-4H3,(H,27,31)/t15-,20+/m1/s1. The second-order valence-electron chi connectivity index (χ2n) is 7.89. The van der Waals surface area contributed by atoms with E-state index >= 15 is 0 Å². The van der Waals surface area contributed by atoms with Crippen molar-refractivity contribution in [2.24, 2.45) is 0 Å². The van der Waals surface area contributed by atoms with Crippen molar-refractivity contribution >= 4 is 40.7 Å². The molecule has 2 rings (SSSR count). The van der Waals surface area contributed by atoms with Crippen LogP contribution in [0.2, 0.25) is 10.0 Å². The number of nitro benzene ring substituents is 1. The second kappa shape index (κ2) is 13.2. The van der Waals surface area contributed by atoms with Gasteiger partial charge in [-0.2, -0.15) is 0 Å². The number of rotatable bonds is 12. The summed E-state index contributed by atoms with van der Waals surface area (Å²) in [6.07, 6.45) is 1.12. The van der Waals surface area contributed by atoms with Gasteiger partial charge in [-0.05, 0) is 43.5 Å². The van der Waals surface area contributed by atoms with E-state index in [1.165, 1.54) is 30.2 Å². The molecule has 9 nitrogen and oxygen atoms in total. The summed E-state index contributed by atoms with van der Waals surface area (Å²) in [6.45, 7) is 5.38. The Morgan fingerprint density at radius 2 is 1.83 bits per heavy atom. The first-order chi connectivity index (χ1) is 16.6. The first-order valence-electron chi connectivity index (χ1n) is 11.1. The van der Waals surface area contributed by atoms with Gasteiger partial charge >= 0.3 is 5.69 Å². The summed E-state index contributed by atoms with van der Waals surface area (Å²) in [5, 5.41) is 14.7. The van der Waals surface area contributed by atoms with Crippen molar-refractivity contribution in [2.45, 2.75) is 52.2 Å². The number of carbonyl (C=O) groups excluding carboxylic acids is 2. The summed E-state index contributed by atoms with van der Waals surface area (Å²) >= 11 is 12.2. The third kappa shape index (κ3) is 7.73. The minimum atomic E-state index is -0.749. The Hall–Kier alpha value is -3.04. The quantitative estimate of drug-likeness (QED) is 0.308. The molecule has 2 aromatic rings. The van der Waals surface area contributed by atoms with Crippen molar-refractivity contribution in [2.75, 3.05) is 13.7 Å². The summed E-state index contributed by atoms with van der Waals surface area (Å²) in [6, 6.07) is 8.15. The van der Waals surface area contributed by atoms with Crippen molar-refractivity contribution in [1.29, 1.82) is 0 Å². The largest absolute Gasteiger partial charge is 0.490 e. The van der Waals surface area contributed by atoms with E-state index in [1.807, 2.05) is 20.8 Å². The molecule has 1 N–H and O–H groups in total. The average Bonchev–Trinajstić information content (AvgIpc) is 2.83. The summed E-state index contributed by atoms with van der Waals surface area (Å²) in [5.74, 6) is -0.494. The van der Waals surface area contributed by atoms with Crippen LogP contribution >= 0.6 is 23.2 Å². The monoisotopic (exact) mass is 525 g/mol. The van der Waals surface area contributed by atoms with Gasteiger partial charge in [-0.3, -0.25) is 19.7 Å². The van der Waals surface area contributed by atoms with Crippen molar-refractivity contribution in [3.63, 3.8) is 0 Å². The zero-order valence-electron chi connectivity index (χ0n) is 20.0. The number of methoxy groups -OCH3 is 1. The highest BCUT2D eigenvalue weighted by molar-refractivity contribution is 6.42. The number of halogens is 2. The van der Waals surface area contributed by atoms with Crippen LogP contribution in [0.1, 0.15) is 39.2 Å². The maximum Gasteiger partial charge on any atom is 0.311 e. The van der Waals surface area contributed by atoms with E-state index in [0.717, 1.165) is 6.42 Å². The fourth-order valence-electron chi connectivity index (χ4n) is 3.32. The van der Waals surface area contributed by atoms with Crippen LogP contribution in [0.25, 0.3) is 0 Å². The lowest BCUT2D eigenvalue weighted by molar-refractivity contribution is -0.385. The first-order valence-corrected chi connectivity index (χ1v) is 11.9. The molecular weight excluding hydrogens is 497 g/mol. The van der Waals surface area contributed by atoms with Gasteiger partial charge in [0.15, 0.2) is 6.61 Å². The van der Waals surface area contributed by atoms with E-state index in [4.69, 9.17) is 32.7 Å². The van der Waals surface area contributed by atoms with E-state index in [1.54, 1.807) is 18.2 Å². The van der Waals surface area contributed by atoms with Crippen LogP contribution < -0.4 is 14.8 Å². The van der Waals surface area contributed by atoms with Gasteiger partial charge in [-0.1, -0.05) is 43.1 Å². The zero-order valence-corrected chi connectivity index (χ0v) is 21.6. The number of nitrogens with zero attached hydrogens (tertiary/aromatic N) is 2. The van der Waals surface area contributed by atoms with Gasteiger partial charge in [-0.25, -0.2) is 0 Å². The lowest BCUT2D eigenvalue weighted by Gasteiger charge is -2.31. The minimum absolute atomic E-state index is 0.00646. The Kier molecular flexibility index (Phi) is 10.6. The smallest absolute Gasteiger partial charge is 0.311 e. The van der Waals surface area contributed by atoms with Crippen LogP contribution in [0.5, 0.6) is 11.5 Å². The lowest BCUT2D eigenvalue weighted by Crippen LogP contribution is -2.51. The Labute approximate surface area is 214 Å². The maximum atomic E-state index is 13.3. The van der Waals surface area contributed by atoms with Gasteiger partial charge in [0.2, 0.25) is 11.7 Å². The molecule has 11 heteroatoms. The molecule has 0 aliphatic heterocycles. The summed E-state index contributed by atoms with van der Waals surface area (Å²) < 4.78 is 10.7. The predicted octanol–water partition coefficient (Wildman–Crippen LogP) is 5.01. The summed E-state index contributed by atoms with van der Waals surface area (Å²) in [7, 11) is 1.30. The fraction of sp³-hybridized carbons (Fsp3) is 0.417. The molecule has 0 fully saturated rings. The number of hydrogen-bond acceptors (Lipinski definition) is 6. The molecule has 0 aliphatic rings. The summed E-state index contributed by atoms with van der Waals surface area (Å²) in [5.41, 5.74) is 0.472. The van der Waals surface area contributed by atoms with Crippen LogP contribution in [0.15, 0.2) is 36.4 Å². The number of nitro groups is 1. The normalized spacial score (nSPS) is 12.4. The van der Waals surface area contributed by atoms with Gasteiger partial charge in [0.05, 0.1) is 22.1 Å². The molecule has 0 bridgehead atoms. The number of benzene rings is 2. The molecule has 190 valence electrons. The van der Waals surface area contributed by atoms with Crippen LogP contribution in [0, 0.1) is 10.1 Å². The number of carbonyl (C=O) groups is 2. The van der Waals surface area contributed by atoms with Gasteiger partial charge < -0.3 is 19.7 Å². The van der Waals surface area contributed by atoms with Gasteiger partial charge in [0.25, 0.3) is 5.91 Å². The van der Waals surface area contributed by atoms with E-state index in [2.05, 4.69) is 5.32 Å². The van der Waals surface area contributed by atoms with Crippen LogP contribution in [0.3, 0.4) is 0 Å². The highest BCUT2D eigenvalue weighted by atomic mass is 35.5. The SMILES string of the molecule is CC[C@@H](C)NC(=O)[C@H](CC)N(Cc1ccc(Cl)c(Cl)c1)C(=O)COc1ccc([N+](=O)[O-])c(OC)c1.